The first-order chi connectivity index (χ1) is 61.6. The number of ether oxygens (including phenoxy) is 1. The topological polar surface area (TPSA) is 747 Å². The highest BCUT2D eigenvalue weighted by molar-refractivity contribution is 6.05. The van der Waals surface area contributed by atoms with Crippen LogP contribution in [0.1, 0.15) is 152 Å². The fraction of sp³-hybridized carbons (Fsp3) is 0.482. The molecule has 5 aromatic rings. The number of amides is 15. The second-order valence-electron chi connectivity index (χ2n) is 31.1. The fourth-order valence-corrected chi connectivity index (χ4v) is 13.7. The molecule has 3 heterocycles. The second kappa shape index (κ2) is 51.3. The SMILES string of the molecule is CCCCCCCCCC(=O)NC(Cc1c[nH]c2ccccc12)C(=O)NC(CC(N)=O)C(=O)NC(CC(=O)O)C(=O)NC1C(=O)NCC(=O)NC(CCCNC(=O)C(N)Cc2c[nH]c3ccc(F)cc23)C(=O)NC(CC(=O)O)C(=O)NC(C)C(=O)NC(CC(=O)O)C(=O)NCC(=O)NC(CO)C(=O)NC(C(C)CC(=O)O)C(=O)NC(CC(=O)c2ccccc2N)C(=O)OC1C. The minimum absolute atomic E-state index is 0.0394. The number of benzene rings is 3. The average molecular weight is 1820 g/mol. The van der Waals surface area contributed by atoms with Crippen LogP contribution in [-0.2, 0) is 113 Å². The van der Waals surface area contributed by atoms with Crippen molar-refractivity contribution in [1.82, 2.24) is 84.4 Å². The summed E-state index contributed by atoms with van der Waals surface area (Å²) in [5, 5.41) is 82.2. The maximum absolute atomic E-state index is 15.0. The van der Waals surface area contributed by atoms with Crippen molar-refractivity contribution in [3.05, 3.63) is 102 Å². The van der Waals surface area contributed by atoms with Crippen LogP contribution in [0.25, 0.3) is 21.8 Å². The van der Waals surface area contributed by atoms with Gasteiger partial charge < -0.3 is 132 Å². The molecule has 1 aliphatic heterocycles. The van der Waals surface area contributed by atoms with Crippen molar-refractivity contribution in [2.75, 3.05) is 32.0 Å². The molecule has 15 amide bonds. The number of rotatable bonds is 39. The molecular weight excluding hydrogens is 1710 g/mol. The number of aliphatic carboxylic acids is 4. The van der Waals surface area contributed by atoms with Crippen LogP contribution >= 0.6 is 0 Å². The molecule has 0 saturated carbocycles. The summed E-state index contributed by atoms with van der Waals surface area (Å²) in [6.07, 6.45) is -1.89. The number of cyclic esters (lactones) is 1. The molecule has 1 saturated heterocycles. The number of nitrogens with one attached hydrogen (secondary N) is 16. The first-order valence-corrected chi connectivity index (χ1v) is 41.6. The smallest absolute Gasteiger partial charge is 0.329 e. The number of aliphatic hydroxyl groups is 1. The van der Waals surface area contributed by atoms with E-state index in [2.05, 4.69) is 75.4 Å². The van der Waals surface area contributed by atoms with Crippen LogP contribution in [-0.4, -0.2) is 265 Å². The Morgan fingerprint density at radius 1 is 0.531 bits per heavy atom. The Morgan fingerprint density at radius 2 is 1.08 bits per heavy atom. The standard InChI is InChI=1S/C83H110FN19O27/c1-5-6-7-8-9-10-11-22-63(107)95-54(28-44-36-89-51-20-15-13-17-46(44)51)77(123)98-55(31-62(87)106)78(124)100-58(34-69(116)117)79(125)103-71-42(4)130-83(129)59(30-61(105)47-18-12-14-19-49(47)85)101-82(128)70(40(2)26-66(110)111)102-80(126)60(39-104)96-65(109)37-91-74(120)56(32-67(112)113)97-72(118)41(3)93-76(122)57(33-68(114)115)99-75(121)53(94-64(108)38-92-81(71)127)21-16-25-88-73(119)50(86)27-43-35-90-52-24-23-45(84)29-48(43)52/h12-15,17-20,23-24,29,35-36,40-42,50,53-60,70-71,89-90,104H,5-11,16,21-22,25-28,30-34,37-39,85-86H2,1-4H3,(H2,87,106)(H,88,119)(H,91,120)(H,92,127)(H,93,122)(H,94,108)(H,95,107)(H,96,109)(H,97,118)(H,98,123)(H,99,121)(H,100,124)(H,101,128)(H,102,126)(H,103,125)(H,110,111)(H,112,113)(H,114,115)(H,116,117). The van der Waals surface area contributed by atoms with Crippen LogP contribution < -0.4 is 91.6 Å². The Bertz CT molecular complexity index is 4980. The molecule has 0 aliphatic carbocycles. The maximum atomic E-state index is 15.0. The number of aromatic amines is 2. The Morgan fingerprint density at radius 3 is 1.70 bits per heavy atom. The third-order valence-corrected chi connectivity index (χ3v) is 20.6. The molecule has 47 heteroatoms. The van der Waals surface area contributed by atoms with Gasteiger partial charge in [-0.05, 0) is 93.0 Å². The van der Waals surface area contributed by atoms with Crippen LogP contribution in [0.2, 0.25) is 0 Å². The number of nitrogen functional groups attached to an aromatic ring is 1. The number of primary amides is 1. The summed E-state index contributed by atoms with van der Waals surface area (Å²) in [6.45, 7) is 0.686. The maximum Gasteiger partial charge on any atom is 0.329 e. The van der Waals surface area contributed by atoms with E-state index in [1.54, 1.807) is 30.5 Å². The molecule has 6 rings (SSSR count). The van der Waals surface area contributed by atoms with Crippen LogP contribution in [0.5, 0.6) is 0 Å². The van der Waals surface area contributed by atoms with E-state index in [4.69, 9.17) is 21.9 Å². The summed E-state index contributed by atoms with van der Waals surface area (Å²) in [7, 11) is 0. The van der Waals surface area contributed by atoms with Crippen molar-refractivity contribution in [1.29, 1.82) is 0 Å². The highest BCUT2D eigenvalue weighted by Gasteiger charge is 2.42. The summed E-state index contributed by atoms with van der Waals surface area (Å²) in [4.78, 5) is 296. The van der Waals surface area contributed by atoms with Gasteiger partial charge in [0, 0.05) is 71.3 Å². The molecule has 3 aromatic carbocycles. The lowest BCUT2D eigenvalue weighted by Crippen LogP contribution is -2.62. The minimum Gasteiger partial charge on any atom is -0.481 e. The predicted octanol–water partition coefficient (Wildman–Crippen LogP) is -4.27. The number of para-hydroxylation sites is 2. The van der Waals surface area contributed by atoms with Gasteiger partial charge in [-0.3, -0.25) is 95.9 Å². The number of carboxylic acid groups (broad SMARTS) is 4. The quantitative estimate of drug-likeness (QED) is 0.00766. The van der Waals surface area contributed by atoms with Crippen LogP contribution in [0.4, 0.5) is 10.1 Å². The number of halogens is 1. The molecule has 2 aromatic heterocycles. The van der Waals surface area contributed by atoms with Gasteiger partial charge in [0.15, 0.2) is 5.78 Å². The number of anilines is 1. The lowest BCUT2D eigenvalue weighted by atomic mass is 9.96. The molecule has 46 nitrogen and oxygen atoms in total. The minimum atomic E-state index is -2.52. The molecule has 706 valence electrons. The predicted molar refractivity (Wildman–Crippen MR) is 454 cm³/mol. The second-order valence-corrected chi connectivity index (χ2v) is 31.1. The average Bonchev–Trinajstić information content (AvgIpc) is 1.63. The normalized spacial score (nSPS) is 20.3. The first kappa shape index (κ1) is 104. The largest absolute Gasteiger partial charge is 0.481 e. The van der Waals surface area contributed by atoms with Gasteiger partial charge in [-0.25, -0.2) is 9.18 Å². The molecule has 0 radical (unpaired) electrons. The van der Waals surface area contributed by atoms with Gasteiger partial charge in [-0.2, -0.15) is 0 Å². The zero-order valence-corrected chi connectivity index (χ0v) is 71.5. The van der Waals surface area contributed by atoms with Crippen LogP contribution in [0.3, 0.4) is 0 Å². The van der Waals surface area contributed by atoms with E-state index in [0.29, 0.717) is 45.8 Å². The van der Waals surface area contributed by atoms with Crippen molar-refractivity contribution >= 4 is 152 Å². The summed E-state index contributed by atoms with van der Waals surface area (Å²) in [5.74, 6) is -32.0. The van der Waals surface area contributed by atoms with Gasteiger partial charge in [-0.15, -0.1) is 0 Å². The Labute approximate surface area is 741 Å². The van der Waals surface area contributed by atoms with Gasteiger partial charge >= 0.3 is 29.8 Å². The number of Topliss-reactive ketones (excluding diaryl/α,β-unsaturated/α-hetero) is 1. The number of carbonyl (C=O) groups is 21. The zero-order valence-electron chi connectivity index (χ0n) is 71.5. The lowest BCUT2D eigenvalue weighted by molar-refractivity contribution is -0.156. The monoisotopic (exact) mass is 1820 g/mol. The van der Waals surface area contributed by atoms with Crippen molar-refractivity contribution in [3.63, 3.8) is 0 Å². The summed E-state index contributed by atoms with van der Waals surface area (Å²) in [6, 6.07) is -8.81. The molecular formula is C83H110FN19O27. The van der Waals surface area contributed by atoms with E-state index in [9.17, 15) is 121 Å². The highest BCUT2D eigenvalue weighted by atomic mass is 19.1. The third-order valence-electron chi connectivity index (χ3n) is 20.6. The summed E-state index contributed by atoms with van der Waals surface area (Å²) < 4.78 is 20.0. The molecule has 0 bridgehead atoms. The van der Waals surface area contributed by atoms with E-state index in [-0.39, 0.29) is 43.5 Å². The number of nitrogens with two attached hydrogens (primary N) is 3. The number of carbonyl (C=O) groups excluding carboxylic acids is 17. The third kappa shape index (κ3) is 33.7. The molecule has 0 spiro atoms. The summed E-state index contributed by atoms with van der Waals surface area (Å²) >= 11 is 0. The van der Waals surface area contributed by atoms with E-state index >= 15 is 9.59 Å². The van der Waals surface area contributed by atoms with E-state index in [1.807, 2.05) is 16.0 Å². The number of ketones is 1. The van der Waals surface area contributed by atoms with Crippen molar-refractivity contribution < 1.29 is 135 Å². The van der Waals surface area contributed by atoms with Gasteiger partial charge in [0.1, 0.15) is 78.4 Å². The van der Waals surface area contributed by atoms with E-state index in [1.165, 1.54) is 48.7 Å². The molecule has 1 fully saturated rings. The summed E-state index contributed by atoms with van der Waals surface area (Å²) in [5.41, 5.74) is 19.6. The number of esters is 1. The van der Waals surface area contributed by atoms with E-state index < -0.39 is 279 Å². The number of hydrogen-bond acceptors (Lipinski definition) is 25. The highest BCUT2D eigenvalue weighted by Crippen LogP contribution is 2.24. The van der Waals surface area contributed by atoms with Gasteiger partial charge in [0.2, 0.25) is 88.6 Å². The van der Waals surface area contributed by atoms with Crippen LogP contribution in [0.15, 0.2) is 79.1 Å². The number of H-pyrrole nitrogens is 2. The lowest BCUT2D eigenvalue weighted by Gasteiger charge is -2.30. The van der Waals surface area contributed by atoms with Gasteiger partial charge in [0.25, 0.3) is 0 Å². The number of hydrogen-bond donors (Lipinski definition) is 24. The first-order valence-electron chi connectivity index (χ1n) is 41.6. The zero-order chi connectivity index (χ0) is 96.2. The number of unbranched alkanes of at least 4 members (excludes halogenated alkanes) is 6. The van der Waals surface area contributed by atoms with Crippen molar-refractivity contribution in [3.8, 4) is 0 Å². The molecule has 14 unspecified atom stereocenters. The Balaban J connectivity index is 1.43. The molecule has 1 aliphatic rings. The molecule has 27 N–H and O–H groups in total. The Hall–Kier alpha value is -14.5. The van der Waals surface area contributed by atoms with E-state index in [0.717, 1.165) is 52.9 Å². The van der Waals surface area contributed by atoms with Crippen LogP contribution in [0, 0.1) is 11.7 Å². The number of aliphatic hydroxyl groups excluding tert-OH is 1. The Kier molecular flexibility index (Phi) is 41.1. The van der Waals surface area contributed by atoms with Crippen molar-refractivity contribution in [2.24, 2.45) is 17.4 Å². The number of aromatic nitrogens is 2. The van der Waals surface area contributed by atoms with Gasteiger partial charge in [-0.1, -0.05) is 82.7 Å². The molecule has 14 atom stereocenters. The van der Waals surface area contributed by atoms with Gasteiger partial charge in [0.05, 0.1) is 57.8 Å². The number of carboxylic acids is 4. The van der Waals surface area contributed by atoms with Crippen molar-refractivity contribution in [2.45, 2.75) is 222 Å². The number of fused-ring (bicyclic) bond motifs is 2. The molecule has 130 heavy (non-hydrogen) atoms. The fourth-order valence-electron chi connectivity index (χ4n) is 13.7.